The molecule has 0 spiro atoms. The Morgan fingerprint density at radius 1 is 1.18 bits per heavy atom. The van der Waals surface area contributed by atoms with Gasteiger partial charge in [0.15, 0.2) is 9.84 Å². The summed E-state index contributed by atoms with van der Waals surface area (Å²) in [6.07, 6.45) is 2.29. The Morgan fingerprint density at radius 2 is 1.91 bits per heavy atom. The van der Waals surface area contributed by atoms with E-state index in [0.717, 1.165) is 10.9 Å². The van der Waals surface area contributed by atoms with Crippen LogP contribution in [0.15, 0.2) is 24.4 Å². The van der Waals surface area contributed by atoms with Crippen molar-refractivity contribution < 1.29 is 33.0 Å². The molecule has 2 atom stereocenters. The fraction of sp³-hybridized carbons (Fsp3) is 0.545. The largest absolute Gasteiger partial charge is 0.497 e. The number of rotatable bonds is 8. The number of carbonyl (C=O) groups is 2. The molecule has 2 N–H and O–H groups in total. The zero-order valence-corrected chi connectivity index (χ0v) is 19.3. The molecule has 0 saturated carbocycles. The molecule has 2 aliphatic rings. The molecule has 2 aliphatic heterocycles. The van der Waals surface area contributed by atoms with Crippen molar-refractivity contribution in [3.8, 4) is 5.75 Å². The van der Waals surface area contributed by atoms with Gasteiger partial charge in [0, 0.05) is 61.4 Å². The fourth-order valence-electron chi connectivity index (χ4n) is 4.96. The first kappa shape index (κ1) is 23.5. The molecular formula is C22H29N3O7S. The number of sulfone groups is 1. The van der Waals surface area contributed by atoms with Gasteiger partial charge in [0.05, 0.1) is 25.0 Å². The van der Waals surface area contributed by atoms with Gasteiger partial charge in [-0.15, -0.1) is 0 Å². The number of carboxylic acid groups (broad SMARTS) is 2. The monoisotopic (exact) mass is 479 g/mol. The van der Waals surface area contributed by atoms with Crippen molar-refractivity contribution in [1.82, 2.24) is 14.4 Å². The van der Waals surface area contributed by atoms with Crippen LogP contribution in [0.4, 0.5) is 0 Å². The first-order chi connectivity index (χ1) is 15.7. The van der Waals surface area contributed by atoms with E-state index < -0.39 is 27.8 Å². The van der Waals surface area contributed by atoms with Crippen molar-refractivity contribution in [3.05, 3.63) is 30.0 Å². The van der Waals surface area contributed by atoms with E-state index in [-0.39, 0.29) is 30.5 Å². The Balaban J connectivity index is 1.60. The molecular weight excluding hydrogens is 450 g/mol. The van der Waals surface area contributed by atoms with E-state index in [0.29, 0.717) is 43.9 Å². The number of benzene rings is 1. The quantitative estimate of drug-likeness (QED) is 0.571. The van der Waals surface area contributed by atoms with Gasteiger partial charge < -0.3 is 19.5 Å². The minimum atomic E-state index is -2.98. The van der Waals surface area contributed by atoms with Crippen molar-refractivity contribution >= 4 is 32.7 Å². The number of aliphatic carboxylic acids is 2. The van der Waals surface area contributed by atoms with Gasteiger partial charge in [-0.25, -0.2) is 8.42 Å². The molecule has 1 aromatic heterocycles. The zero-order chi connectivity index (χ0) is 23.8. The summed E-state index contributed by atoms with van der Waals surface area (Å²) < 4.78 is 30.8. The first-order valence-corrected chi connectivity index (χ1v) is 12.8. The first-order valence-electron chi connectivity index (χ1n) is 11.0. The molecule has 3 heterocycles. The smallest absolute Gasteiger partial charge is 0.325 e. The minimum Gasteiger partial charge on any atom is -0.497 e. The molecule has 2 unspecified atom stereocenters. The summed E-state index contributed by atoms with van der Waals surface area (Å²) in [5.41, 5.74) is 1.35. The van der Waals surface area contributed by atoms with Crippen LogP contribution in [0.3, 0.4) is 0 Å². The highest BCUT2D eigenvalue weighted by atomic mass is 32.2. The minimum absolute atomic E-state index is 0.00243. The normalized spacial score (nSPS) is 22.4. The second-order valence-electron chi connectivity index (χ2n) is 8.67. The van der Waals surface area contributed by atoms with Gasteiger partial charge in [-0.2, -0.15) is 0 Å². The van der Waals surface area contributed by atoms with Gasteiger partial charge >= 0.3 is 11.9 Å². The highest BCUT2D eigenvalue weighted by Crippen LogP contribution is 2.34. The second kappa shape index (κ2) is 9.32. The van der Waals surface area contributed by atoms with Crippen molar-refractivity contribution in [2.75, 3.05) is 44.8 Å². The number of carboxylic acids is 2. The standard InChI is InChI=1S/C22H29N3O7S/c1-32-16-2-3-19-17(12-16)18(13-25(19)6-4-20(26)27)21(22(28)29)24-9-7-23(8-10-24)15-5-11-33(30,31)14-15/h2-3,12-13,15,21H,4-11,14H2,1H3,(H,26,27)(H,28,29). The Kier molecular flexibility index (Phi) is 6.64. The van der Waals surface area contributed by atoms with Crippen LogP contribution < -0.4 is 4.74 Å². The zero-order valence-electron chi connectivity index (χ0n) is 18.5. The highest BCUT2D eigenvalue weighted by molar-refractivity contribution is 7.91. The second-order valence-corrected chi connectivity index (χ2v) is 10.9. The van der Waals surface area contributed by atoms with E-state index >= 15 is 0 Å². The summed E-state index contributed by atoms with van der Waals surface area (Å²) in [7, 11) is -1.44. The Bertz CT molecular complexity index is 1150. The Morgan fingerprint density at radius 3 is 2.48 bits per heavy atom. The lowest BCUT2D eigenvalue weighted by Crippen LogP contribution is -2.52. The molecule has 11 heteroatoms. The van der Waals surface area contributed by atoms with E-state index in [1.807, 2.05) is 11.0 Å². The van der Waals surface area contributed by atoms with Crippen LogP contribution in [0.5, 0.6) is 5.75 Å². The summed E-state index contributed by atoms with van der Waals surface area (Å²) in [4.78, 5) is 27.6. The molecule has 0 bridgehead atoms. The van der Waals surface area contributed by atoms with Crippen molar-refractivity contribution in [2.24, 2.45) is 0 Å². The number of aromatic nitrogens is 1. The average molecular weight is 480 g/mol. The molecule has 2 aromatic rings. The third kappa shape index (κ3) is 4.99. The van der Waals surface area contributed by atoms with E-state index in [9.17, 15) is 23.1 Å². The van der Waals surface area contributed by atoms with Crippen molar-refractivity contribution in [3.63, 3.8) is 0 Å². The average Bonchev–Trinajstić information content (AvgIpc) is 3.32. The van der Waals surface area contributed by atoms with Crippen LogP contribution >= 0.6 is 0 Å². The van der Waals surface area contributed by atoms with Crippen LogP contribution in [0.1, 0.15) is 24.4 Å². The number of fused-ring (bicyclic) bond motifs is 1. The number of methoxy groups -OCH3 is 1. The molecule has 33 heavy (non-hydrogen) atoms. The number of aryl methyl sites for hydroxylation is 1. The summed E-state index contributed by atoms with van der Waals surface area (Å²) >= 11 is 0. The van der Waals surface area contributed by atoms with E-state index in [4.69, 9.17) is 9.84 Å². The van der Waals surface area contributed by atoms with E-state index in [1.54, 1.807) is 30.0 Å². The summed E-state index contributed by atoms with van der Waals surface area (Å²) in [5, 5.41) is 20.0. The maximum absolute atomic E-state index is 12.4. The SMILES string of the molecule is COc1ccc2c(c1)c(C(C(=O)O)N1CCN(C3CCS(=O)(=O)C3)CC1)cn2CCC(=O)O. The van der Waals surface area contributed by atoms with Gasteiger partial charge in [-0.1, -0.05) is 0 Å². The number of hydrogen-bond donors (Lipinski definition) is 2. The topological polar surface area (TPSA) is 129 Å². The molecule has 180 valence electrons. The summed E-state index contributed by atoms with van der Waals surface area (Å²) in [5.74, 6) is -0.922. The van der Waals surface area contributed by atoms with Crippen molar-refractivity contribution in [1.29, 1.82) is 0 Å². The number of hydrogen-bond acceptors (Lipinski definition) is 7. The highest BCUT2D eigenvalue weighted by Gasteiger charge is 2.37. The van der Waals surface area contributed by atoms with E-state index in [2.05, 4.69) is 4.90 Å². The predicted molar refractivity (Wildman–Crippen MR) is 121 cm³/mol. The third-order valence-corrected chi connectivity index (χ3v) is 8.40. The van der Waals surface area contributed by atoms with Gasteiger partial charge in [-0.3, -0.25) is 19.4 Å². The number of nitrogens with zero attached hydrogens (tertiary/aromatic N) is 3. The Hall–Kier alpha value is -2.63. The van der Waals surface area contributed by atoms with Gasteiger partial charge in [0.1, 0.15) is 11.8 Å². The lowest BCUT2D eigenvalue weighted by Gasteiger charge is -2.40. The van der Waals surface area contributed by atoms with Crippen LogP contribution in [-0.4, -0.2) is 95.8 Å². The third-order valence-electron chi connectivity index (χ3n) is 6.65. The van der Waals surface area contributed by atoms with Crippen LogP contribution in [0.25, 0.3) is 10.9 Å². The fourth-order valence-corrected chi connectivity index (χ4v) is 6.72. The maximum Gasteiger partial charge on any atom is 0.325 e. The number of ether oxygens (including phenoxy) is 1. The molecule has 4 rings (SSSR count). The lowest BCUT2D eigenvalue weighted by atomic mass is 10.0. The molecule has 2 fully saturated rings. The number of piperazine rings is 1. The summed E-state index contributed by atoms with van der Waals surface area (Å²) in [6, 6.07) is 4.48. The molecule has 2 saturated heterocycles. The van der Waals surface area contributed by atoms with Gasteiger partial charge in [0.25, 0.3) is 0 Å². The van der Waals surface area contributed by atoms with Gasteiger partial charge in [0.2, 0.25) is 0 Å². The van der Waals surface area contributed by atoms with Crippen LogP contribution in [-0.2, 0) is 26.0 Å². The predicted octanol–water partition coefficient (Wildman–Crippen LogP) is 1.06. The molecule has 0 amide bonds. The molecule has 0 radical (unpaired) electrons. The van der Waals surface area contributed by atoms with Crippen molar-refractivity contribution in [2.45, 2.75) is 31.5 Å². The lowest BCUT2D eigenvalue weighted by molar-refractivity contribution is -0.144. The van der Waals surface area contributed by atoms with Crippen LogP contribution in [0, 0.1) is 0 Å². The molecule has 1 aromatic carbocycles. The van der Waals surface area contributed by atoms with Crippen LogP contribution in [0.2, 0.25) is 0 Å². The molecule has 0 aliphatic carbocycles. The van der Waals surface area contributed by atoms with Gasteiger partial charge in [-0.05, 0) is 24.6 Å². The molecule has 10 nitrogen and oxygen atoms in total. The van der Waals surface area contributed by atoms with E-state index in [1.165, 1.54) is 0 Å². The Labute approximate surface area is 192 Å². The maximum atomic E-state index is 12.4. The summed E-state index contributed by atoms with van der Waals surface area (Å²) in [6.45, 7) is 2.43.